The van der Waals surface area contributed by atoms with E-state index in [0.717, 1.165) is 22.9 Å². The molecule has 0 saturated heterocycles. The van der Waals surface area contributed by atoms with E-state index in [1.165, 1.54) is 17.3 Å². The summed E-state index contributed by atoms with van der Waals surface area (Å²) in [6, 6.07) is 17.7. The SMILES string of the molecule is Cc1ccc(-n2c(C)nnc2SCC(=O)NC(c2ccccc2)c2nccn2C)cc1. The Balaban J connectivity index is 1.50. The van der Waals surface area contributed by atoms with Crippen LogP contribution in [0.15, 0.2) is 72.1 Å². The summed E-state index contributed by atoms with van der Waals surface area (Å²) in [6.45, 7) is 3.96. The van der Waals surface area contributed by atoms with Crippen molar-refractivity contribution in [2.75, 3.05) is 5.75 Å². The molecule has 0 saturated carbocycles. The Labute approximate surface area is 185 Å². The zero-order valence-corrected chi connectivity index (χ0v) is 18.5. The van der Waals surface area contributed by atoms with Crippen LogP contribution in [0.4, 0.5) is 0 Å². The summed E-state index contributed by atoms with van der Waals surface area (Å²) in [7, 11) is 1.92. The van der Waals surface area contributed by atoms with Crippen LogP contribution in [0.2, 0.25) is 0 Å². The number of carbonyl (C=O) groups excluding carboxylic acids is 1. The minimum atomic E-state index is -0.328. The molecule has 31 heavy (non-hydrogen) atoms. The van der Waals surface area contributed by atoms with Gasteiger partial charge in [-0.3, -0.25) is 9.36 Å². The lowest BCUT2D eigenvalue weighted by atomic mass is 10.1. The quantitative estimate of drug-likeness (QED) is 0.452. The molecule has 2 heterocycles. The summed E-state index contributed by atoms with van der Waals surface area (Å²) in [5.41, 5.74) is 3.14. The summed E-state index contributed by atoms with van der Waals surface area (Å²) in [6.07, 6.45) is 3.61. The van der Waals surface area contributed by atoms with E-state index in [9.17, 15) is 4.79 Å². The lowest BCUT2D eigenvalue weighted by Gasteiger charge is -2.19. The van der Waals surface area contributed by atoms with Crippen molar-refractivity contribution in [1.82, 2.24) is 29.6 Å². The minimum Gasteiger partial charge on any atom is -0.341 e. The standard InChI is InChI=1S/C23H24N6OS/c1-16-9-11-19(12-10-16)29-17(2)26-27-23(29)31-15-20(30)25-21(18-7-5-4-6-8-18)22-24-13-14-28(22)3/h4-14,21H,15H2,1-3H3,(H,25,30). The zero-order valence-electron chi connectivity index (χ0n) is 17.7. The van der Waals surface area contributed by atoms with Crippen LogP contribution >= 0.6 is 11.8 Å². The Kier molecular flexibility index (Phi) is 6.18. The van der Waals surface area contributed by atoms with Gasteiger partial charge in [0.15, 0.2) is 5.16 Å². The lowest BCUT2D eigenvalue weighted by molar-refractivity contribution is -0.119. The van der Waals surface area contributed by atoms with E-state index in [2.05, 4.69) is 20.5 Å². The first-order chi connectivity index (χ1) is 15.0. The normalized spacial score (nSPS) is 12.0. The van der Waals surface area contributed by atoms with Gasteiger partial charge in [-0.15, -0.1) is 10.2 Å². The topological polar surface area (TPSA) is 77.6 Å². The molecular formula is C23H24N6OS. The van der Waals surface area contributed by atoms with Gasteiger partial charge in [-0.05, 0) is 31.5 Å². The highest BCUT2D eigenvalue weighted by atomic mass is 32.2. The fourth-order valence-corrected chi connectivity index (χ4v) is 4.17. The van der Waals surface area contributed by atoms with Gasteiger partial charge in [-0.25, -0.2) is 4.98 Å². The number of benzene rings is 2. The summed E-state index contributed by atoms with van der Waals surface area (Å²) >= 11 is 1.36. The Morgan fingerprint density at radius 1 is 1.06 bits per heavy atom. The predicted molar refractivity (Wildman–Crippen MR) is 121 cm³/mol. The highest BCUT2D eigenvalue weighted by Crippen LogP contribution is 2.24. The molecule has 0 fully saturated rings. The van der Waals surface area contributed by atoms with Gasteiger partial charge >= 0.3 is 0 Å². The summed E-state index contributed by atoms with van der Waals surface area (Å²) in [5.74, 6) is 1.68. The molecule has 0 bridgehead atoms. The molecule has 0 spiro atoms. The second-order valence-corrected chi connectivity index (χ2v) is 8.24. The van der Waals surface area contributed by atoms with Crippen LogP contribution in [0.25, 0.3) is 5.69 Å². The number of rotatable bonds is 7. The minimum absolute atomic E-state index is 0.0991. The van der Waals surface area contributed by atoms with Gasteiger partial charge in [0, 0.05) is 25.1 Å². The Bertz CT molecular complexity index is 1170. The zero-order chi connectivity index (χ0) is 21.8. The van der Waals surface area contributed by atoms with Crippen molar-refractivity contribution in [3.05, 3.63) is 89.8 Å². The first-order valence-electron chi connectivity index (χ1n) is 9.96. The number of nitrogens with zero attached hydrogens (tertiary/aromatic N) is 5. The highest BCUT2D eigenvalue weighted by molar-refractivity contribution is 7.99. The van der Waals surface area contributed by atoms with Gasteiger partial charge < -0.3 is 9.88 Å². The Hall–Kier alpha value is -3.39. The van der Waals surface area contributed by atoms with Gasteiger partial charge in [0.05, 0.1) is 5.75 Å². The van der Waals surface area contributed by atoms with E-state index >= 15 is 0 Å². The van der Waals surface area contributed by atoms with Crippen molar-refractivity contribution in [1.29, 1.82) is 0 Å². The van der Waals surface area contributed by atoms with Crippen LogP contribution < -0.4 is 5.32 Å². The number of aromatic nitrogens is 5. The molecule has 1 atom stereocenters. The van der Waals surface area contributed by atoms with E-state index in [1.54, 1.807) is 6.20 Å². The number of thioether (sulfide) groups is 1. The fraction of sp³-hybridized carbons (Fsp3) is 0.217. The molecule has 7 nitrogen and oxygen atoms in total. The predicted octanol–water partition coefficient (Wildman–Crippen LogP) is 3.62. The van der Waals surface area contributed by atoms with Crippen molar-refractivity contribution in [2.45, 2.75) is 25.0 Å². The highest BCUT2D eigenvalue weighted by Gasteiger charge is 2.21. The maximum absolute atomic E-state index is 12.9. The van der Waals surface area contributed by atoms with Crippen LogP contribution in [-0.4, -0.2) is 36.0 Å². The molecule has 1 unspecified atom stereocenters. The average Bonchev–Trinajstić information content (AvgIpc) is 3.37. The van der Waals surface area contributed by atoms with Gasteiger partial charge in [0.25, 0.3) is 0 Å². The van der Waals surface area contributed by atoms with Crippen molar-refractivity contribution in [2.24, 2.45) is 7.05 Å². The van der Waals surface area contributed by atoms with Gasteiger partial charge in [0.2, 0.25) is 5.91 Å². The van der Waals surface area contributed by atoms with Gasteiger partial charge in [-0.2, -0.15) is 0 Å². The number of hydrogen-bond acceptors (Lipinski definition) is 5. The third-order valence-electron chi connectivity index (χ3n) is 4.97. The van der Waals surface area contributed by atoms with Crippen LogP contribution in [0.1, 0.15) is 28.8 Å². The van der Waals surface area contributed by atoms with Crippen molar-refractivity contribution in [3.63, 3.8) is 0 Å². The molecular weight excluding hydrogens is 408 g/mol. The van der Waals surface area contributed by atoms with Crippen LogP contribution in [-0.2, 0) is 11.8 Å². The molecule has 1 amide bonds. The number of imidazole rings is 1. The first kappa shape index (κ1) is 20.9. The molecule has 0 aliphatic rings. The second-order valence-electron chi connectivity index (χ2n) is 7.30. The molecule has 2 aromatic heterocycles. The fourth-order valence-electron chi connectivity index (χ4n) is 3.36. The second kappa shape index (κ2) is 9.18. The number of amides is 1. The molecule has 1 N–H and O–H groups in total. The van der Waals surface area contributed by atoms with Crippen LogP contribution in [0.3, 0.4) is 0 Å². The third kappa shape index (κ3) is 4.69. The van der Waals surface area contributed by atoms with Crippen molar-refractivity contribution >= 4 is 17.7 Å². The molecule has 0 aliphatic heterocycles. The van der Waals surface area contributed by atoms with Crippen molar-refractivity contribution < 1.29 is 4.79 Å². The molecule has 2 aromatic carbocycles. The van der Waals surface area contributed by atoms with Crippen LogP contribution in [0, 0.1) is 13.8 Å². The Morgan fingerprint density at radius 2 is 1.81 bits per heavy atom. The third-order valence-corrected chi connectivity index (χ3v) is 5.90. The van der Waals surface area contributed by atoms with Gasteiger partial charge in [-0.1, -0.05) is 59.8 Å². The average molecular weight is 433 g/mol. The molecule has 8 heteroatoms. The maximum atomic E-state index is 12.9. The lowest BCUT2D eigenvalue weighted by Crippen LogP contribution is -2.32. The van der Waals surface area contributed by atoms with E-state index in [4.69, 9.17) is 0 Å². The van der Waals surface area contributed by atoms with Gasteiger partial charge in [0.1, 0.15) is 17.7 Å². The maximum Gasteiger partial charge on any atom is 0.231 e. The van der Waals surface area contributed by atoms with E-state index in [1.807, 2.05) is 90.8 Å². The smallest absolute Gasteiger partial charge is 0.231 e. The number of nitrogens with one attached hydrogen (secondary N) is 1. The molecule has 158 valence electrons. The molecule has 0 radical (unpaired) electrons. The summed E-state index contributed by atoms with van der Waals surface area (Å²) in [5, 5.41) is 12.3. The monoisotopic (exact) mass is 432 g/mol. The first-order valence-corrected chi connectivity index (χ1v) is 10.9. The van der Waals surface area contributed by atoms with Crippen molar-refractivity contribution in [3.8, 4) is 5.69 Å². The number of carbonyl (C=O) groups is 1. The van der Waals surface area contributed by atoms with E-state index in [-0.39, 0.29) is 17.7 Å². The number of aryl methyl sites for hydroxylation is 3. The van der Waals surface area contributed by atoms with E-state index < -0.39 is 0 Å². The molecule has 4 aromatic rings. The molecule has 4 rings (SSSR count). The Morgan fingerprint density at radius 3 is 2.48 bits per heavy atom. The van der Waals surface area contributed by atoms with E-state index in [0.29, 0.717) is 5.16 Å². The largest absolute Gasteiger partial charge is 0.341 e. The number of hydrogen-bond donors (Lipinski definition) is 1. The van der Waals surface area contributed by atoms with Crippen LogP contribution in [0.5, 0.6) is 0 Å². The molecule has 0 aliphatic carbocycles. The summed E-state index contributed by atoms with van der Waals surface area (Å²) < 4.78 is 3.88. The summed E-state index contributed by atoms with van der Waals surface area (Å²) in [4.78, 5) is 17.3.